The normalized spacial score (nSPS) is 23.6. The predicted molar refractivity (Wildman–Crippen MR) is 79.9 cm³/mol. The van der Waals surface area contributed by atoms with E-state index < -0.39 is 5.41 Å². The SMILES string of the molecule is COC(=O)[C@@]1(c2ccc3ccccc3c2)C[C@@H]1NC(C)=O. The Hall–Kier alpha value is -2.36. The van der Waals surface area contributed by atoms with Gasteiger partial charge < -0.3 is 10.1 Å². The summed E-state index contributed by atoms with van der Waals surface area (Å²) < 4.78 is 4.97. The van der Waals surface area contributed by atoms with Crippen LogP contribution in [0.1, 0.15) is 18.9 Å². The molecule has 3 rings (SSSR count). The average molecular weight is 283 g/mol. The maximum Gasteiger partial charge on any atom is 0.318 e. The van der Waals surface area contributed by atoms with Gasteiger partial charge in [0.25, 0.3) is 0 Å². The Morgan fingerprint density at radius 3 is 2.57 bits per heavy atom. The third-order valence-electron chi connectivity index (χ3n) is 4.15. The summed E-state index contributed by atoms with van der Waals surface area (Å²) in [5.41, 5.74) is 0.150. The molecule has 0 unspecified atom stereocenters. The molecule has 1 aliphatic carbocycles. The number of ether oxygens (including phenoxy) is 1. The van der Waals surface area contributed by atoms with E-state index in [1.165, 1.54) is 14.0 Å². The minimum atomic E-state index is -0.746. The summed E-state index contributed by atoms with van der Waals surface area (Å²) in [7, 11) is 1.38. The van der Waals surface area contributed by atoms with Crippen molar-refractivity contribution >= 4 is 22.6 Å². The van der Waals surface area contributed by atoms with E-state index in [2.05, 4.69) is 5.32 Å². The van der Waals surface area contributed by atoms with E-state index in [0.717, 1.165) is 16.3 Å². The lowest BCUT2D eigenvalue weighted by Crippen LogP contribution is -2.34. The number of hydrogen-bond donors (Lipinski definition) is 1. The molecule has 2 aromatic carbocycles. The zero-order chi connectivity index (χ0) is 15.0. The third kappa shape index (κ3) is 2.17. The van der Waals surface area contributed by atoms with Crippen LogP contribution in [0.3, 0.4) is 0 Å². The molecule has 0 aliphatic heterocycles. The van der Waals surface area contributed by atoms with Crippen molar-refractivity contribution in [2.45, 2.75) is 24.8 Å². The summed E-state index contributed by atoms with van der Waals surface area (Å²) in [6, 6.07) is 13.8. The van der Waals surface area contributed by atoms with Crippen LogP contribution in [0.5, 0.6) is 0 Å². The van der Waals surface area contributed by atoms with Gasteiger partial charge in [0.1, 0.15) is 5.41 Å². The summed E-state index contributed by atoms with van der Waals surface area (Å²) in [6.45, 7) is 1.46. The van der Waals surface area contributed by atoms with Crippen molar-refractivity contribution in [3.8, 4) is 0 Å². The number of benzene rings is 2. The smallest absolute Gasteiger partial charge is 0.318 e. The van der Waals surface area contributed by atoms with Gasteiger partial charge in [-0.1, -0.05) is 36.4 Å². The second-order valence-corrected chi connectivity index (χ2v) is 5.48. The van der Waals surface area contributed by atoms with Gasteiger partial charge in [0.05, 0.1) is 13.2 Å². The topological polar surface area (TPSA) is 55.4 Å². The molecule has 1 N–H and O–H groups in total. The van der Waals surface area contributed by atoms with E-state index in [1.807, 2.05) is 42.5 Å². The summed E-state index contributed by atoms with van der Waals surface area (Å²) in [5, 5.41) is 5.03. The van der Waals surface area contributed by atoms with Crippen LogP contribution in [0, 0.1) is 0 Å². The van der Waals surface area contributed by atoms with E-state index in [9.17, 15) is 9.59 Å². The van der Waals surface area contributed by atoms with Crippen LogP contribution in [0.2, 0.25) is 0 Å². The Morgan fingerprint density at radius 1 is 1.19 bits per heavy atom. The first kappa shape index (κ1) is 13.6. The van der Waals surface area contributed by atoms with Crippen molar-refractivity contribution in [1.29, 1.82) is 0 Å². The maximum atomic E-state index is 12.3. The first-order valence-corrected chi connectivity index (χ1v) is 6.93. The number of hydrogen-bond acceptors (Lipinski definition) is 3. The lowest BCUT2D eigenvalue weighted by Gasteiger charge is -2.16. The molecule has 1 fully saturated rings. The molecule has 0 bridgehead atoms. The molecule has 4 heteroatoms. The predicted octanol–water partition coefficient (Wildman–Crippen LogP) is 2.16. The number of fused-ring (bicyclic) bond motifs is 1. The van der Waals surface area contributed by atoms with Crippen LogP contribution < -0.4 is 5.32 Å². The van der Waals surface area contributed by atoms with Gasteiger partial charge in [0, 0.05) is 6.92 Å². The maximum absolute atomic E-state index is 12.3. The highest BCUT2D eigenvalue weighted by atomic mass is 16.5. The van der Waals surface area contributed by atoms with E-state index in [-0.39, 0.29) is 17.9 Å². The van der Waals surface area contributed by atoms with Gasteiger partial charge in [-0.3, -0.25) is 9.59 Å². The monoisotopic (exact) mass is 283 g/mol. The fourth-order valence-electron chi connectivity index (χ4n) is 2.99. The molecule has 4 nitrogen and oxygen atoms in total. The largest absolute Gasteiger partial charge is 0.468 e. The van der Waals surface area contributed by atoms with E-state index in [4.69, 9.17) is 4.74 Å². The Balaban J connectivity index is 2.04. The van der Waals surface area contributed by atoms with Crippen molar-refractivity contribution in [2.75, 3.05) is 7.11 Å². The van der Waals surface area contributed by atoms with Crippen molar-refractivity contribution < 1.29 is 14.3 Å². The minimum absolute atomic E-state index is 0.133. The number of methoxy groups -OCH3 is 1. The molecule has 0 saturated heterocycles. The molecule has 1 saturated carbocycles. The van der Waals surface area contributed by atoms with Gasteiger partial charge in [-0.25, -0.2) is 0 Å². The molecular formula is C17H17NO3. The number of nitrogens with one attached hydrogen (secondary N) is 1. The van der Waals surface area contributed by atoms with Crippen molar-refractivity contribution in [3.05, 3.63) is 48.0 Å². The van der Waals surface area contributed by atoms with Gasteiger partial charge in [0.15, 0.2) is 0 Å². The summed E-state index contributed by atoms with van der Waals surface area (Å²) in [4.78, 5) is 23.5. The number of carbonyl (C=O) groups is 2. The van der Waals surface area contributed by atoms with Gasteiger partial charge in [-0.15, -0.1) is 0 Å². The second-order valence-electron chi connectivity index (χ2n) is 5.48. The molecule has 21 heavy (non-hydrogen) atoms. The molecule has 2 atom stereocenters. The Bertz CT molecular complexity index is 725. The second kappa shape index (κ2) is 4.88. The fraction of sp³-hybridized carbons (Fsp3) is 0.294. The highest BCUT2D eigenvalue weighted by Gasteiger charge is 2.63. The van der Waals surface area contributed by atoms with Crippen LogP contribution in [-0.4, -0.2) is 25.0 Å². The highest BCUT2D eigenvalue weighted by molar-refractivity contribution is 5.92. The Labute approximate surface area is 123 Å². The summed E-state index contributed by atoms with van der Waals surface area (Å²) in [5.74, 6) is -0.428. The van der Waals surface area contributed by atoms with Gasteiger partial charge in [0.2, 0.25) is 5.91 Å². The fourth-order valence-corrected chi connectivity index (χ4v) is 2.99. The van der Waals surface area contributed by atoms with Crippen molar-refractivity contribution in [3.63, 3.8) is 0 Å². The van der Waals surface area contributed by atoms with Gasteiger partial charge >= 0.3 is 5.97 Å². The Kier molecular flexibility index (Phi) is 3.16. The van der Waals surface area contributed by atoms with Gasteiger partial charge in [-0.2, -0.15) is 0 Å². The number of esters is 1. The molecule has 0 spiro atoms. The van der Waals surface area contributed by atoms with Gasteiger partial charge in [-0.05, 0) is 28.8 Å². The van der Waals surface area contributed by atoms with Crippen LogP contribution in [-0.2, 0) is 19.7 Å². The zero-order valence-corrected chi connectivity index (χ0v) is 12.1. The van der Waals surface area contributed by atoms with E-state index >= 15 is 0 Å². The first-order chi connectivity index (χ1) is 10.1. The minimum Gasteiger partial charge on any atom is -0.468 e. The van der Waals surface area contributed by atoms with Crippen LogP contribution in [0.4, 0.5) is 0 Å². The zero-order valence-electron chi connectivity index (χ0n) is 12.1. The summed E-state index contributed by atoms with van der Waals surface area (Å²) >= 11 is 0. The number of carbonyl (C=O) groups excluding carboxylic acids is 2. The lowest BCUT2D eigenvalue weighted by atomic mass is 9.92. The quantitative estimate of drug-likeness (QED) is 0.878. The summed E-state index contributed by atoms with van der Waals surface area (Å²) in [6.07, 6.45) is 0.581. The number of rotatable bonds is 3. The number of amides is 1. The average Bonchev–Trinajstić information content (AvgIpc) is 3.20. The van der Waals surface area contributed by atoms with Crippen molar-refractivity contribution in [1.82, 2.24) is 5.32 Å². The standard InChI is InChI=1S/C17H17NO3/c1-11(19)18-15-10-17(15,16(20)21-2)14-8-7-12-5-3-4-6-13(12)9-14/h3-9,15H,10H2,1-2H3,(H,18,19)/t15-,17+/m0/s1. The molecule has 0 heterocycles. The highest BCUT2D eigenvalue weighted by Crippen LogP contribution is 2.50. The molecule has 108 valence electrons. The first-order valence-electron chi connectivity index (χ1n) is 6.93. The molecule has 1 amide bonds. The van der Waals surface area contributed by atoms with Crippen LogP contribution >= 0.6 is 0 Å². The molecule has 0 aromatic heterocycles. The van der Waals surface area contributed by atoms with Crippen molar-refractivity contribution in [2.24, 2.45) is 0 Å². The van der Waals surface area contributed by atoms with E-state index in [1.54, 1.807) is 0 Å². The van der Waals surface area contributed by atoms with Crippen LogP contribution in [0.25, 0.3) is 10.8 Å². The molecular weight excluding hydrogens is 266 g/mol. The Morgan fingerprint density at radius 2 is 1.90 bits per heavy atom. The lowest BCUT2D eigenvalue weighted by molar-refractivity contribution is -0.143. The van der Waals surface area contributed by atoms with E-state index in [0.29, 0.717) is 6.42 Å². The van der Waals surface area contributed by atoms with Crippen LogP contribution in [0.15, 0.2) is 42.5 Å². The third-order valence-corrected chi connectivity index (χ3v) is 4.15. The molecule has 2 aromatic rings. The molecule has 1 aliphatic rings. The molecule has 0 radical (unpaired) electrons.